The van der Waals surface area contributed by atoms with Crippen LogP contribution in [0, 0.1) is 0 Å². The fourth-order valence-electron chi connectivity index (χ4n) is 1.45. The molecule has 0 aliphatic rings. The van der Waals surface area contributed by atoms with E-state index in [9.17, 15) is 0 Å². The summed E-state index contributed by atoms with van der Waals surface area (Å²) in [5.41, 5.74) is 1.00. The van der Waals surface area contributed by atoms with Gasteiger partial charge in [0.1, 0.15) is 0 Å². The van der Waals surface area contributed by atoms with Crippen molar-refractivity contribution in [3.8, 4) is 0 Å². The zero-order chi connectivity index (χ0) is 12.0. The maximum atomic E-state index is 8.92. The SMILES string of the molecule is C=CCN(CCO)Cc1ccc(Cl)cc1Cl. The van der Waals surface area contributed by atoms with Crippen LogP contribution < -0.4 is 0 Å². The van der Waals surface area contributed by atoms with E-state index in [4.69, 9.17) is 28.3 Å². The second kappa shape index (κ2) is 6.92. The molecule has 0 amide bonds. The number of rotatable bonds is 6. The second-order valence-electron chi connectivity index (χ2n) is 3.48. The zero-order valence-electron chi connectivity index (χ0n) is 9.00. The van der Waals surface area contributed by atoms with E-state index >= 15 is 0 Å². The number of aliphatic hydroxyl groups is 1. The van der Waals surface area contributed by atoms with E-state index in [2.05, 4.69) is 11.5 Å². The van der Waals surface area contributed by atoms with Gasteiger partial charge in [-0.25, -0.2) is 0 Å². The first-order valence-corrected chi connectivity index (χ1v) is 5.81. The minimum absolute atomic E-state index is 0.124. The number of aliphatic hydroxyl groups excluding tert-OH is 1. The van der Waals surface area contributed by atoms with Crippen LogP contribution in [0.3, 0.4) is 0 Å². The standard InChI is InChI=1S/C12H15Cl2NO/c1-2-5-15(6-7-16)9-10-3-4-11(13)8-12(10)14/h2-4,8,16H,1,5-7,9H2. The first-order chi connectivity index (χ1) is 7.67. The molecule has 1 N–H and O–H groups in total. The van der Waals surface area contributed by atoms with Crippen LogP contribution in [0.2, 0.25) is 10.0 Å². The Balaban J connectivity index is 2.72. The van der Waals surface area contributed by atoms with Gasteiger partial charge in [0.15, 0.2) is 0 Å². The summed E-state index contributed by atoms with van der Waals surface area (Å²) in [5.74, 6) is 0. The highest BCUT2D eigenvalue weighted by atomic mass is 35.5. The average molecular weight is 260 g/mol. The number of nitrogens with zero attached hydrogens (tertiary/aromatic N) is 1. The van der Waals surface area contributed by atoms with Crippen molar-refractivity contribution in [2.45, 2.75) is 6.54 Å². The molecule has 0 heterocycles. The Kier molecular flexibility index (Phi) is 5.85. The third-order valence-electron chi connectivity index (χ3n) is 2.21. The zero-order valence-corrected chi connectivity index (χ0v) is 10.5. The number of hydrogen-bond acceptors (Lipinski definition) is 2. The number of halogens is 2. The van der Waals surface area contributed by atoms with Crippen molar-refractivity contribution in [2.75, 3.05) is 19.7 Å². The maximum absolute atomic E-state index is 8.92. The molecular formula is C12H15Cl2NO. The predicted molar refractivity (Wildman–Crippen MR) is 69.0 cm³/mol. The summed E-state index contributed by atoms with van der Waals surface area (Å²) in [5, 5.41) is 10.2. The maximum Gasteiger partial charge on any atom is 0.0558 e. The number of hydrogen-bond donors (Lipinski definition) is 1. The second-order valence-corrected chi connectivity index (χ2v) is 4.33. The highest BCUT2D eigenvalue weighted by Crippen LogP contribution is 2.22. The first-order valence-electron chi connectivity index (χ1n) is 5.05. The van der Waals surface area contributed by atoms with Gasteiger partial charge in [0.25, 0.3) is 0 Å². The topological polar surface area (TPSA) is 23.5 Å². The van der Waals surface area contributed by atoms with Gasteiger partial charge in [-0.1, -0.05) is 35.3 Å². The molecule has 0 saturated carbocycles. The minimum Gasteiger partial charge on any atom is -0.395 e. The average Bonchev–Trinajstić information content (AvgIpc) is 2.23. The van der Waals surface area contributed by atoms with Crippen molar-refractivity contribution in [3.05, 3.63) is 46.5 Å². The Hall–Kier alpha value is -0.540. The van der Waals surface area contributed by atoms with Gasteiger partial charge in [-0.3, -0.25) is 4.90 Å². The summed E-state index contributed by atoms with van der Waals surface area (Å²) >= 11 is 11.9. The third-order valence-corrected chi connectivity index (χ3v) is 2.80. The van der Waals surface area contributed by atoms with E-state index in [0.29, 0.717) is 23.1 Å². The lowest BCUT2D eigenvalue weighted by Gasteiger charge is -2.20. The molecule has 0 aliphatic heterocycles. The van der Waals surface area contributed by atoms with Crippen LogP contribution in [0.25, 0.3) is 0 Å². The van der Waals surface area contributed by atoms with Crippen molar-refractivity contribution >= 4 is 23.2 Å². The van der Waals surface area contributed by atoms with Crippen molar-refractivity contribution in [1.29, 1.82) is 0 Å². The summed E-state index contributed by atoms with van der Waals surface area (Å²) in [4.78, 5) is 2.06. The van der Waals surface area contributed by atoms with Crippen molar-refractivity contribution in [3.63, 3.8) is 0 Å². The summed E-state index contributed by atoms with van der Waals surface area (Å²) < 4.78 is 0. The lowest BCUT2D eigenvalue weighted by molar-refractivity contribution is 0.203. The summed E-state index contributed by atoms with van der Waals surface area (Å²) in [6.45, 7) is 5.81. The van der Waals surface area contributed by atoms with E-state index in [-0.39, 0.29) is 6.61 Å². The molecular weight excluding hydrogens is 245 g/mol. The summed E-state index contributed by atoms with van der Waals surface area (Å²) in [6.07, 6.45) is 1.81. The minimum atomic E-state index is 0.124. The summed E-state index contributed by atoms with van der Waals surface area (Å²) in [6, 6.07) is 5.44. The van der Waals surface area contributed by atoms with E-state index in [1.807, 2.05) is 12.1 Å². The van der Waals surface area contributed by atoms with Gasteiger partial charge in [-0.05, 0) is 17.7 Å². The monoisotopic (exact) mass is 259 g/mol. The molecule has 16 heavy (non-hydrogen) atoms. The Morgan fingerprint density at radius 1 is 1.38 bits per heavy atom. The molecule has 0 unspecified atom stereocenters. The molecule has 2 nitrogen and oxygen atoms in total. The van der Waals surface area contributed by atoms with E-state index in [1.54, 1.807) is 12.1 Å². The molecule has 0 saturated heterocycles. The Bertz CT molecular complexity index is 355. The van der Waals surface area contributed by atoms with Crippen LogP contribution in [0.4, 0.5) is 0 Å². The quantitative estimate of drug-likeness (QED) is 0.795. The van der Waals surface area contributed by atoms with E-state index in [1.165, 1.54) is 0 Å². The van der Waals surface area contributed by atoms with Crippen molar-refractivity contribution in [2.24, 2.45) is 0 Å². The summed E-state index contributed by atoms with van der Waals surface area (Å²) in [7, 11) is 0. The van der Waals surface area contributed by atoms with Gasteiger partial charge in [-0.15, -0.1) is 6.58 Å². The highest BCUT2D eigenvalue weighted by molar-refractivity contribution is 6.35. The molecule has 0 aromatic heterocycles. The van der Waals surface area contributed by atoms with E-state index < -0.39 is 0 Å². The smallest absolute Gasteiger partial charge is 0.0558 e. The molecule has 1 rings (SSSR count). The lowest BCUT2D eigenvalue weighted by Crippen LogP contribution is -2.26. The molecule has 0 atom stereocenters. The Morgan fingerprint density at radius 2 is 2.12 bits per heavy atom. The number of benzene rings is 1. The van der Waals surface area contributed by atoms with Crippen LogP contribution in [-0.2, 0) is 6.54 Å². The largest absolute Gasteiger partial charge is 0.395 e. The molecule has 0 radical (unpaired) electrons. The molecule has 1 aromatic rings. The molecule has 88 valence electrons. The first kappa shape index (κ1) is 13.5. The van der Waals surface area contributed by atoms with Gasteiger partial charge in [0.2, 0.25) is 0 Å². The van der Waals surface area contributed by atoms with Crippen LogP contribution in [-0.4, -0.2) is 29.7 Å². The van der Waals surface area contributed by atoms with Gasteiger partial charge in [-0.2, -0.15) is 0 Å². The third kappa shape index (κ3) is 4.14. The van der Waals surface area contributed by atoms with Crippen molar-refractivity contribution < 1.29 is 5.11 Å². The molecule has 0 spiro atoms. The van der Waals surface area contributed by atoms with Crippen LogP contribution >= 0.6 is 23.2 Å². The fourth-order valence-corrected chi connectivity index (χ4v) is 1.92. The molecule has 1 aromatic carbocycles. The van der Waals surface area contributed by atoms with Crippen LogP contribution in [0.15, 0.2) is 30.9 Å². The van der Waals surface area contributed by atoms with Gasteiger partial charge >= 0.3 is 0 Å². The molecule has 0 bridgehead atoms. The van der Waals surface area contributed by atoms with Crippen LogP contribution in [0.1, 0.15) is 5.56 Å². The predicted octanol–water partition coefficient (Wildman–Crippen LogP) is 2.97. The fraction of sp³-hybridized carbons (Fsp3) is 0.333. The van der Waals surface area contributed by atoms with Gasteiger partial charge in [0.05, 0.1) is 6.61 Å². The molecule has 0 aliphatic carbocycles. The van der Waals surface area contributed by atoms with Gasteiger partial charge in [0, 0.05) is 29.7 Å². The lowest BCUT2D eigenvalue weighted by atomic mass is 10.2. The Labute approximate surface area is 106 Å². The highest BCUT2D eigenvalue weighted by Gasteiger charge is 2.07. The Morgan fingerprint density at radius 3 is 2.69 bits per heavy atom. The molecule has 4 heteroatoms. The van der Waals surface area contributed by atoms with Crippen LogP contribution in [0.5, 0.6) is 0 Å². The molecule has 0 fully saturated rings. The van der Waals surface area contributed by atoms with E-state index in [0.717, 1.165) is 12.1 Å². The van der Waals surface area contributed by atoms with Gasteiger partial charge < -0.3 is 5.11 Å². The van der Waals surface area contributed by atoms with Crippen molar-refractivity contribution in [1.82, 2.24) is 4.90 Å². The normalized spacial score (nSPS) is 10.8.